The topological polar surface area (TPSA) is 92.0 Å². The van der Waals surface area contributed by atoms with Gasteiger partial charge in [-0.3, -0.25) is 0 Å². The number of aromatic carboxylic acids is 1. The molecule has 2 heterocycles. The van der Waals surface area contributed by atoms with Gasteiger partial charge in [-0.1, -0.05) is 17.7 Å². The molecule has 124 valence electrons. The second-order valence-electron chi connectivity index (χ2n) is 5.73. The molecule has 0 radical (unpaired) electrons. The lowest BCUT2D eigenvalue weighted by Crippen LogP contribution is -2.16. The first-order chi connectivity index (χ1) is 11.6. The van der Waals surface area contributed by atoms with E-state index < -0.39 is 5.97 Å². The number of carbonyl (C=O) groups is 1. The molecular weight excluding hydrogens is 326 g/mol. The molecule has 0 bridgehead atoms. The van der Waals surface area contributed by atoms with Crippen molar-refractivity contribution in [1.29, 1.82) is 0 Å². The van der Waals surface area contributed by atoms with Gasteiger partial charge in [0, 0.05) is 33.9 Å². The third kappa shape index (κ3) is 3.42. The SMILES string of the molecule is N[C@@H]1CCCc2c1[nH]c1ccc(Cl)cc21.O=C(O)c1ccccn1. The van der Waals surface area contributed by atoms with E-state index in [9.17, 15) is 4.79 Å². The van der Waals surface area contributed by atoms with Crippen LogP contribution in [0.15, 0.2) is 42.6 Å². The molecule has 0 unspecified atom stereocenters. The van der Waals surface area contributed by atoms with Gasteiger partial charge in [0.2, 0.25) is 0 Å². The number of halogens is 1. The van der Waals surface area contributed by atoms with E-state index in [0.29, 0.717) is 0 Å². The number of carboxylic acid groups (broad SMARTS) is 1. The van der Waals surface area contributed by atoms with Crippen LogP contribution in [-0.2, 0) is 6.42 Å². The quantitative estimate of drug-likeness (QED) is 0.624. The van der Waals surface area contributed by atoms with Gasteiger partial charge in [0.1, 0.15) is 5.69 Å². The molecule has 0 fully saturated rings. The van der Waals surface area contributed by atoms with E-state index in [4.69, 9.17) is 22.4 Å². The van der Waals surface area contributed by atoms with Crippen LogP contribution in [0.25, 0.3) is 10.9 Å². The van der Waals surface area contributed by atoms with Crippen LogP contribution < -0.4 is 5.73 Å². The largest absolute Gasteiger partial charge is 0.477 e. The van der Waals surface area contributed by atoms with Gasteiger partial charge in [0.25, 0.3) is 0 Å². The highest BCUT2D eigenvalue weighted by atomic mass is 35.5. The van der Waals surface area contributed by atoms with E-state index in [1.807, 2.05) is 18.2 Å². The van der Waals surface area contributed by atoms with Crippen LogP contribution in [0.3, 0.4) is 0 Å². The highest BCUT2D eigenvalue weighted by molar-refractivity contribution is 6.31. The Labute approximate surface area is 144 Å². The van der Waals surface area contributed by atoms with E-state index in [1.54, 1.807) is 12.1 Å². The molecule has 2 aromatic heterocycles. The van der Waals surface area contributed by atoms with Gasteiger partial charge in [-0.05, 0) is 55.2 Å². The van der Waals surface area contributed by atoms with Crippen molar-refractivity contribution in [2.24, 2.45) is 5.73 Å². The average Bonchev–Trinajstić information content (AvgIpc) is 2.96. The first-order valence-corrected chi connectivity index (χ1v) is 8.14. The Bertz CT molecular complexity index is 861. The number of benzene rings is 1. The van der Waals surface area contributed by atoms with Gasteiger partial charge < -0.3 is 15.8 Å². The zero-order valence-corrected chi connectivity index (χ0v) is 13.8. The number of aromatic amines is 1. The molecule has 1 aliphatic carbocycles. The Morgan fingerprint density at radius 2 is 2.17 bits per heavy atom. The summed E-state index contributed by atoms with van der Waals surface area (Å²) in [7, 11) is 0. The molecule has 0 saturated heterocycles. The molecule has 0 spiro atoms. The van der Waals surface area contributed by atoms with Crippen molar-refractivity contribution in [2.45, 2.75) is 25.3 Å². The minimum Gasteiger partial charge on any atom is -0.477 e. The van der Waals surface area contributed by atoms with Crippen molar-refractivity contribution in [3.05, 3.63) is 64.6 Å². The standard InChI is InChI=1S/C12H13ClN2.C6H5NO2/c13-7-4-5-11-9(6-7)8-2-1-3-10(14)12(8)15-11;8-6(9)5-3-1-2-4-7-5/h4-6,10,15H,1-3,14H2;1-4H,(H,8,9)/t10-;/m1./s1. The molecule has 1 aromatic carbocycles. The van der Waals surface area contributed by atoms with E-state index in [1.165, 1.54) is 35.3 Å². The zero-order chi connectivity index (χ0) is 17.1. The fraction of sp³-hybridized carbons (Fsp3) is 0.222. The van der Waals surface area contributed by atoms with Crippen LogP contribution in [-0.4, -0.2) is 21.0 Å². The number of H-pyrrole nitrogens is 1. The predicted molar refractivity (Wildman–Crippen MR) is 94.4 cm³/mol. The monoisotopic (exact) mass is 343 g/mol. The molecular formula is C18H18ClN3O2. The normalized spacial score (nSPS) is 16.2. The Morgan fingerprint density at radius 1 is 1.33 bits per heavy atom. The molecule has 24 heavy (non-hydrogen) atoms. The van der Waals surface area contributed by atoms with Gasteiger partial charge in [-0.15, -0.1) is 0 Å². The number of fused-ring (bicyclic) bond motifs is 3. The summed E-state index contributed by atoms with van der Waals surface area (Å²) in [6, 6.07) is 10.9. The van der Waals surface area contributed by atoms with E-state index >= 15 is 0 Å². The van der Waals surface area contributed by atoms with Crippen molar-refractivity contribution in [3.63, 3.8) is 0 Å². The second-order valence-corrected chi connectivity index (χ2v) is 6.16. The molecule has 1 aliphatic rings. The maximum atomic E-state index is 10.1. The van der Waals surface area contributed by atoms with Crippen LogP contribution in [0, 0.1) is 0 Å². The molecule has 0 aliphatic heterocycles. The van der Waals surface area contributed by atoms with E-state index in [2.05, 4.69) is 9.97 Å². The Morgan fingerprint density at radius 3 is 2.83 bits per heavy atom. The van der Waals surface area contributed by atoms with Crippen molar-refractivity contribution in [2.75, 3.05) is 0 Å². The Kier molecular flexibility index (Phi) is 4.83. The third-order valence-corrected chi connectivity index (χ3v) is 4.33. The summed E-state index contributed by atoms with van der Waals surface area (Å²) >= 11 is 6.01. The second kappa shape index (κ2) is 7.03. The number of carboxylic acids is 1. The third-order valence-electron chi connectivity index (χ3n) is 4.10. The molecule has 5 nitrogen and oxygen atoms in total. The van der Waals surface area contributed by atoms with Gasteiger partial charge in [-0.25, -0.2) is 9.78 Å². The van der Waals surface area contributed by atoms with Gasteiger partial charge >= 0.3 is 5.97 Å². The van der Waals surface area contributed by atoms with Crippen molar-refractivity contribution in [3.8, 4) is 0 Å². The minimum atomic E-state index is -0.990. The zero-order valence-electron chi connectivity index (χ0n) is 13.0. The van der Waals surface area contributed by atoms with Crippen molar-refractivity contribution >= 4 is 28.5 Å². The molecule has 0 saturated carbocycles. The van der Waals surface area contributed by atoms with Crippen LogP contribution >= 0.6 is 11.6 Å². The lowest BCUT2D eigenvalue weighted by atomic mass is 9.92. The van der Waals surface area contributed by atoms with Crippen LogP contribution in [0.1, 0.15) is 40.6 Å². The number of pyridine rings is 1. The fourth-order valence-electron chi connectivity index (χ4n) is 2.96. The number of aromatic nitrogens is 2. The van der Waals surface area contributed by atoms with Crippen molar-refractivity contribution < 1.29 is 9.90 Å². The van der Waals surface area contributed by atoms with Gasteiger partial charge in [-0.2, -0.15) is 0 Å². The lowest BCUT2D eigenvalue weighted by molar-refractivity contribution is 0.0690. The van der Waals surface area contributed by atoms with Crippen molar-refractivity contribution in [1.82, 2.24) is 9.97 Å². The lowest BCUT2D eigenvalue weighted by Gasteiger charge is -2.18. The number of aryl methyl sites for hydroxylation is 1. The number of nitrogens with one attached hydrogen (secondary N) is 1. The Balaban J connectivity index is 0.000000162. The minimum absolute atomic E-state index is 0.0810. The highest BCUT2D eigenvalue weighted by Crippen LogP contribution is 2.34. The molecule has 0 amide bonds. The summed E-state index contributed by atoms with van der Waals surface area (Å²) in [5.41, 5.74) is 9.89. The van der Waals surface area contributed by atoms with Crippen LogP contribution in [0.5, 0.6) is 0 Å². The number of hydrogen-bond donors (Lipinski definition) is 3. The van der Waals surface area contributed by atoms with E-state index in [0.717, 1.165) is 23.4 Å². The summed E-state index contributed by atoms with van der Waals surface area (Å²) in [6.45, 7) is 0. The number of rotatable bonds is 1. The summed E-state index contributed by atoms with van der Waals surface area (Å²) < 4.78 is 0. The smallest absolute Gasteiger partial charge is 0.354 e. The summed E-state index contributed by atoms with van der Waals surface area (Å²) in [5, 5.41) is 10.4. The average molecular weight is 344 g/mol. The van der Waals surface area contributed by atoms with Crippen LogP contribution in [0.2, 0.25) is 5.02 Å². The van der Waals surface area contributed by atoms with Gasteiger partial charge in [0.05, 0.1) is 0 Å². The molecule has 1 atom stereocenters. The number of nitrogens with zero attached hydrogens (tertiary/aromatic N) is 1. The molecule has 6 heteroatoms. The number of hydrogen-bond acceptors (Lipinski definition) is 3. The summed E-state index contributed by atoms with van der Waals surface area (Å²) in [5.74, 6) is -0.990. The maximum Gasteiger partial charge on any atom is 0.354 e. The first kappa shape index (κ1) is 16.5. The summed E-state index contributed by atoms with van der Waals surface area (Å²) in [4.78, 5) is 17.1. The molecule has 3 aromatic rings. The summed E-state index contributed by atoms with van der Waals surface area (Å²) in [6.07, 6.45) is 4.81. The Hall–Kier alpha value is -2.37. The number of nitrogens with two attached hydrogens (primary N) is 1. The van der Waals surface area contributed by atoms with E-state index in [-0.39, 0.29) is 11.7 Å². The highest BCUT2D eigenvalue weighted by Gasteiger charge is 2.21. The maximum absolute atomic E-state index is 10.1. The predicted octanol–water partition coefficient (Wildman–Crippen LogP) is 3.94. The molecule has 4 rings (SSSR count). The van der Waals surface area contributed by atoms with Crippen LogP contribution in [0.4, 0.5) is 0 Å². The fourth-order valence-corrected chi connectivity index (χ4v) is 3.13. The van der Waals surface area contributed by atoms with Gasteiger partial charge in [0.15, 0.2) is 0 Å². The first-order valence-electron chi connectivity index (χ1n) is 7.76. The molecule has 4 N–H and O–H groups in total.